The summed E-state index contributed by atoms with van der Waals surface area (Å²) in [4.78, 5) is 44.5. The van der Waals surface area contributed by atoms with Gasteiger partial charge in [-0.05, 0) is 44.9 Å². The SMILES string of the molecule is C=CCN(CCCC)C(=O)C1N(CCCCCO)C(=O)[C@@H]2[C@H](C(=O)OCC)[C@@H]3CC(C)C12S3. The maximum Gasteiger partial charge on any atom is 0.310 e. The Morgan fingerprint density at radius 2 is 2.06 bits per heavy atom. The Bertz CT molecular complexity index is 746. The molecule has 0 aromatic carbocycles. The number of nitrogens with zero attached hydrogens (tertiary/aromatic N) is 2. The van der Waals surface area contributed by atoms with Gasteiger partial charge in [0.25, 0.3) is 0 Å². The fourth-order valence-electron chi connectivity index (χ4n) is 6.09. The molecule has 3 fully saturated rings. The quantitative estimate of drug-likeness (QED) is 0.248. The fourth-order valence-corrected chi connectivity index (χ4v) is 8.49. The van der Waals surface area contributed by atoms with E-state index in [4.69, 9.17) is 9.84 Å². The molecule has 1 spiro atoms. The summed E-state index contributed by atoms with van der Waals surface area (Å²) in [7, 11) is 0. The number of esters is 1. The van der Waals surface area contributed by atoms with E-state index < -0.39 is 22.6 Å². The Balaban J connectivity index is 1.99. The zero-order valence-electron chi connectivity index (χ0n) is 20.3. The van der Waals surface area contributed by atoms with Crippen LogP contribution in [0.2, 0.25) is 0 Å². The molecule has 2 amide bonds. The van der Waals surface area contributed by atoms with Crippen LogP contribution in [0.3, 0.4) is 0 Å². The van der Waals surface area contributed by atoms with Gasteiger partial charge >= 0.3 is 5.97 Å². The minimum absolute atomic E-state index is 0.0170. The van der Waals surface area contributed by atoms with Gasteiger partial charge in [-0.1, -0.05) is 26.3 Å². The normalized spacial score (nSPS) is 32.2. The number of hydrogen-bond acceptors (Lipinski definition) is 6. The lowest BCUT2D eigenvalue weighted by Gasteiger charge is -2.40. The lowest BCUT2D eigenvalue weighted by molar-refractivity contribution is -0.154. The van der Waals surface area contributed by atoms with Gasteiger partial charge in [-0.25, -0.2) is 0 Å². The Morgan fingerprint density at radius 3 is 2.70 bits per heavy atom. The van der Waals surface area contributed by atoms with Crippen molar-refractivity contribution >= 4 is 29.5 Å². The number of rotatable bonds is 13. The molecule has 0 aromatic heterocycles. The van der Waals surface area contributed by atoms with Gasteiger partial charge in [0.2, 0.25) is 11.8 Å². The lowest BCUT2D eigenvalue weighted by Crippen LogP contribution is -2.57. The molecule has 3 aliphatic rings. The summed E-state index contributed by atoms with van der Waals surface area (Å²) < 4.78 is 4.79. The zero-order chi connectivity index (χ0) is 24.2. The Labute approximate surface area is 202 Å². The van der Waals surface area contributed by atoms with Gasteiger partial charge in [0.05, 0.1) is 23.2 Å². The predicted octanol–water partition coefficient (Wildman–Crippen LogP) is 2.86. The molecule has 3 unspecified atom stereocenters. The van der Waals surface area contributed by atoms with E-state index in [1.165, 1.54) is 0 Å². The zero-order valence-corrected chi connectivity index (χ0v) is 21.1. The average Bonchev–Trinajstić information content (AvgIpc) is 3.38. The number of aliphatic hydroxyl groups excluding tert-OH is 1. The maximum atomic E-state index is 14.1. The van der Waals surface area contributed by atoms with Gasteiger partial charge in [-0.2, -0.15) is 0 Å². The van der Waals surface area contributed by atoms with Crippen LogP contribution in [0.1, 0.15) is 59.3 Å². The molecular weight excluding hydrogens is 440 g/mol. The first-order chi connectivity index (χ1) is 15.9. The van der Waals surface area contributed by atoms with Crippen LogP contribution in [0.4, 0.5) is 0 Å². The summed E-state index contributed by atoms with van der Waals surface area (Å²) in [6.45, 7) is 11.8. The molecular formula is C25H40N2O5S. The molecule has 3 heterocycles. The third-order valence-electron chi connectivity index (χ3n) is 7.54. The van der Waals surface area contributed by atoms with E-state index in [1.54, 1.807) is 29.7 Å². The van der Waals surface area contributed by atoms with Crippen molar-refractivity contribution in [3.63, 3.8) is 0 Å². The molecule has 7 nitrogen and oxygen atoms in total. The molecule has 1 N–H and O–H groups in total. The van der Waals surface area contributed by atoms with Crippen molar-refractivity contribution in [2.75, 3.05) is 32.8 Å². The van der Waals surface area contributed by atoms with Gasteiger partial charge in [0, 0.05) is 31.5 Å². The standard InChI is InChI=1S/C25H40N2O5S/c1-5-8-13-26(12-6-2)23(30)21-25-17(4)16-18(33-25)19(24(31)32-7-3)20(25)22(29)27(21)14-10-9-11-15-28/h6,17-21,28H,2,5,7-16H2,1,3-4H3/t17?,18-,19+,20-,21?,25?/m0/s1. The minimum atomic E-state index is -0.598. The molecule has 2 bridgehead atoms. The molecule has 0 aliphatic carbocycles. The van der Waals surface area contributed by atoms with Crippen molar-refractivity contribution in [2.45, 2.75) is 75.3 Å². The van der Waals surface area contributed by atoms with E-state index in [2.05, 4.69) is 20.4 Å². The number of aliphatic hydroxyl groups is 1. The number of fused-ring (bicyclic) bond motifs is 1. The first kappa shape index (κ1) is 26.1. The summed E-state index contributed by atoms with van der Waals surface area (Å²) in [6.07, 6.45) is 6.61. The highest BCUT2D eigenvalue weighted by Gasteiger charge is 2.76. The molecule has 3 rings (SSSR count). The lowest BCUT2D eigenvalue weighted by atomic mass is 9.66. The van der Waals surface area contributed by atoms with Crippen LogP contribution < -0.4 is 0 Å². The second-order valence-electron chi connectivity index (χ2n) is 9.55. The number of unbranched alkanes of at least 4 members (excludes halogenated alkanes) is 3. The third-order valence-corrected chi connectivity index (χ3v) is 9.61. The first-order valence-electron chi connectivity index (χ1n) is 12.5. The molecule has 0 saturated carbocycles. The van der Waals surface area contributed by atoms with Crippen molar-refractivity contribution in [3.05, 3.63) is 12.7 Å². The second kappa shape index (κ2) is 11.3. The number of ether oxygens (including phenoxy) is 1. The van der Waals surface area contributed by atoms with Crippen molar-refractivity contribution in [2.24, 2.45) is 17.8 Å². The van der Waals surface area contributed by atoms with Crippen molar-refractivity contribution in [1.82, 2.24) is 9.80 Å². The summed E-state index contributed by atoms with van der Waals surface area (Å²) in [5.74, 6) is -1.25. The van der Waals surface area contributed by atoms with Crippen LogP contribution in [-0.2, 0) is 19.1 Å². The maximum absolute atomic E-state index is 14.1. The fraction of sp³-hybridized carbons (Fsp3) is 0.800. The van der Waals surface area contributed by atoms with Crippen LogP contribution in [0.25, 0.3) is 0 Å². The van der Waals surface area contributed by atoms with E-state index in [1.807, 2.05) is 4.90 Å². The van der Waals surface area contributed by atoms with Gasteiger partial charge in [-0.15, -0.1) is 18.3 Å². The largest absolute Gasteiger partial charge is 0.466 e. The van der Waals surface area contributed by atoms with Crippen molar-refractivity contribution in [1.29, 1.82) is 0 Å². The summed E-state index contributed by atoms with van der Waals surface area (Å²) in [5.41, 5.74) is 0. The smallest absolute Gasteiger partial charge is 0.310 e. The van der Waals surface area contributed by atoms with Gasteiger partial charge < -0.3 is 19.6 Å². The molecule has 6 atom stereocenters. The Hall–Kier alpha value is -1.54. The number of likely N-dealkylation sites (tertiary alicyclic amines) is 1. The molecule has 3 saturated heterocycles. The van der Waals surface area contributed by atoms with Crippen molar-refractivity contribution < 1.29 is 24.2 Å². The highest BCUT2D eigenvalue weighted by molar-refractivity contribution is 8.02. The molecule has 3 aliphatic heterocycles. The summed E-state index contributed by atoms with van der Waals surface area (Å²) in [6, 6.07) is -0.578. The first-order valence-corrected chi connectivity index (χ1v) is 13.4. The van der Waals surface area contributed by atoms with E-state index in [0.717, 1.165) is 32.1 Å². The number of carbonyl (C=O) groups is 3. The number of carbonyl (C=O) groups excluding carboxylic acids is 3. The van der Waals surface area contributed by atoms with Crippen LogP contribution in [0.5, 0.6) is 0 Å². The number of hydrogen-bond donors (Lipinski definition) is 1. The Morgan fingerprint density at radius 1 is 1.30 bits per heavy atom. The van der Waals surface area contributed by atoms with Crippen LogP contribution in [0, 0.1) is 17.8 Å². The van der Waals surface area contributed by atoms with Gasteiger partial charge in [0.1, 0.15) is 6.04 Å². The summed E-state index contributed by atoms with van der Waals surface area (Å²) in [5, 5.41) is 9.17. The van der Waals surface area contributed by atoms with Crippen LogP contribution in [-0.4, -0.2) is 81.6 Å². The van der Waals surface area contributed by atoms with E-state index in [-0.39, 0.29) is 42.2 Å². The highest BCUT2D eigenvalue weighted by atomic mass is 32.2. The number of thioether (sulfide) groups is 1. The average molecular weight is 481 g/mol. The van der Waals surface area contributed by atoms with Crippen LogP contribution >= 0.6 is 11.8 Å². The van der Waals surface area contributed by atoms with E-state index >= 15 is 0 Å². The van der Waals surface area contributed by atoms with Crippen LogP contribution in [0.15, 0.2) is 12.7 Å². The minimum Gasteiger partial charge on any atom is -0.466 e. The molecule has 0 aromatic rings. The molecule has 186 valence electrons. The Kier molecular flexibility index (Phi) is 8.89. The summed E-state index contributed by atoms with van der Waals surface area (Å²) >= 11 is 1.69. The molecule has 8 heteroatoms. The molecule has 0 radical (unpaired) electrons. The highest BCUT2D eigenvalue weighted by Crippen LogP contribution is 2.68. The number of amides is 2. The van der Waals surface area contributed by atoms with E-state index in [0.29, 0.717) is 26.1 Å². The third kappa shape index (κ3) is 4.57. The van der Waals surface area contributed by atoms with Gasteiger partial charge in [-0.3, -0.25) is 14.4 Å². The van der Waals surface area contributed by atoms with Crippen molar-refractivity contribution in [3.8, 4) is 0 Å². The predicted molar refractivity (Wildman–Crippen MR) is 130 cm³/mol. The molecule has 33 heavy (non-hydrogen) atoms. The second-order valence-corrected chi connectivity index (χ2v) is 11.1. The van der Waals surface area contributed by atoms with Gasteiger partial charge in [0.15, 0.2) is 0 Å². The van der Waals surface area contributed by atoms with E-state index in [9.17, 15) is 14.4 Å². The topological polar surface area (TPSA) is 87.2 Å². The monoisotopic (exact) mass is 480 g/mol.